The first-order valence-corrected chi connectivity index (χ1v) is 7.86. The van der Waals surface area contributed by atoms with Crippen molar-refractivity contribution >= 4 is 5.97 Å². The lowest BCUT2D eigenvalue weighted by atomic mass is 10.1. The van der Waals surface area contributed by atoms with Gasteiger partial charge >= 0.3 is 5.97 Å². The molecule has 0 spiro atoms. The molecule has 1 aliphatic rings. The van der Waals surface area contributed by atoms with Crippen molar-refractivity contribution < 1.29 is 19.0 Å². The van der Waals surface area contributed by atoms with Gasteiger partial charge in [-0.25, -0.2) is 4.79 Å². The maximum absolute atomic E-state index is 11.4. The van der Waals surface area contributed by atoms with Crippen molar-refractivity contribution in [2.75, 3.05) is 19.8 Å². The van der Waals surface area contributed by atoms with E-state index in [1.807, 2.05) is 13.0 Å². The zero-order valence-electron chi connectivity index (χ0n) is 13.5. The van der Waals surface area contributed by atoms with Crippen LogP contribution in [0.5, 0.6) is 0 Å². The van der Waals surface area contributed by atoms with Gasteiger partial charge in [0.1, 0.15) is 0 Å². The molecule has 1 unspecified atom stereocenters. The first-order chi connectivity index (χ1) is 10.1. The molecule has 1 aliphatic heterocycles. The van der Waals surface area contributed by atoms with Crippen LogP contribution in [-0.4, -0.2) is 32.1 Å². The first kappa shape index (κ1) is 17.9. The minimum absolute atomic E-state index is 0.0336. The summed E-state index contributed by atoms with van der Waals surface area (Å²) in [6.45, 7) is 7.51. The summed E-state index contributed by atoms with van der Waals surface area (Å²) in [5.74, 6) is -0.225. The van der Waals surface area contributed by atoms with Gasteiger partial charge < -0.3 is 14.2 Å². The molecule has 0 amide bonds. The minimum Gasteiger partial charge on any atom is -0.463 e. The van der Waals surface area contributed by atoms with Crippen LogP contribution in [0.2, 0.25) is 0 Å². The summed E-state index contributed by atoms with van der Waals surface area (Å²) in [4.78, 5) is 11.4. The third-order valence-corrected chi connectivity index (χ3v) is 3.44. The smallest absolute Gasteiger partial charge is 0.333 e. The summed E-state index contributed by atoms with van der Waals surface area (Å²) in [5.41, 5.74) is 1.94. The van der Waals surface area contributed by atoms with Gasteiger partial charge in [0.05, 0.1) is 13.2 Å². The topological polar surface area (TPSA) is 44.8 Å². The van der Waals surface area contributed by atoms with Gasteiger partial charge in [-0.3, -0.25) is 0 Å². The molecule has 1 saturated heterocycles. The van der Waals surface area contributed by atoms with Crippen LogP contribution in [0.4, 0.5) is 0 Å². The third-order valence-electron chi connectivity index (χ3n) is 3.44. The molecule has 0 bridgehead atoms. The molecule has 0 aromatic rings. The molecule has 0 N–H and O–H groups in total. The Kier molecular flexibility index (Phi) is 9.02. The highest BCUT2D eigenvalue weighted by atomic mass is 16.7. The lowest BCUT2D eigenvalue weighted by Gasteiger charge is -2.22. The normalized spacial score (nSPS) is 20.4. The summed E-state index contributed by atoms with van der Waals surface area (Å²) in [7, 11) is 0. The average Bonchev–Trinajstić information content (AvgIpc) is 2.48. The lowest BCUT2D eigenvalue weighted by Crippen LogP contribution is -2.22. The molecular formula is C17H28O4. The second-order valence-electron chi connectivity index (χ2n) is 5.33. The van der Waals surface area contributed by atoms with Crippen molar-refractivity contribution in [3.05, 3.63) is 23.3 Å². The standard InChI is InChI=1S/C17H28O4/c1-4-19-17(18)15(3)9-7-8-14(2)11-13-21-16-10-5-6-12-20-16/h9,11,16H,4-8,10,12-13H2,1-3H3/b14-11+,15-9+. The second kappa shape index (κ2) is 10.6. The van der Waals surface area contributed by atoms with Crippen LogP contribution in [0, 0.1) is 0 Å². The van der Waals surface area contributed by atoms with Crippen molar-refractivity contribution in [3.63, 3.8) is 0 Å². The maximum atomic E-state index is 11.4. The zero-order chi connectivity index (χ0) is 15.5. The van der Waals surface area contributed by atoms with E-state index in [1.165, 1.54) is 12.0 Å². The Morgan fingerprint density at radius 3 is 2.76 bits per heavy atom. The highest BCUT2D eigenvalue weighted by Gasteiger charge is 2.12. The molecule has 0 saturated carbocycles. The Bertz CT molecular complexity index is 365. The molecule has 1 rings (SSSR count). The van der Waals surface area contributed by atoms with Crippen LogP contribution < -0.4 is 0 Å². The van der Waals surface area contributed by atoms with Gasteiger partial charge in [0, 0.05) is 12.2 Å². The molecule has 120 valence electrons. The number of hydrogen-bond donors (Lipinski definition) is 0. The Labute approximate surface area is 128 Å². The van der Waals surface area contributed by atoms with E-state index < -0.39 is 0 Å². The minimum atomic E-state index is -0.225. The van der Waals surface area contributed by atoms with Gasteiger partial charge in [0.15, 0.2) is 6.29 Å². The monoisotopic (exact) mass is 296 g/mol. The van der Waals surface area contributed by atoms with Crippen LogP contribution in [0.25, 0.3) is 0 Å². The largest absolute Gasteiger partial charge is 0.463 e. The van der Waals surface area contributed by atoms with E-state index in [9.17, 15) is 4.79 Å². The highest BCUT2D eigenvalue weighted by Crippen LogP contribution is 2.14. The van der Waals surface area contributed by atoms with Gasteiger partial charge in [-0.05, 0) is 52.9 Å². The van der Waals surface area contributed by atoms with Crippen LogP contribution in [-0.2, 0) is 19.0 Å². The molecule has 1 heterocycles. The third kappa shape index (κ3) is 8.02. The van der Waals surface area contributed by atoms with E-state index in [1.54, 1.807) is 6.92 Å². The van der Waals surface area contributed by atoms with E-state index in [4.69, 9.17) is 14.2 Å². The van der Waals surface area contributed by atoms with E-state index in [0.29, 0.717) is 18.8 Å². The highest BCUT2D eigenvalue weighted by molar-refractivity contribution is 5.87. The molecule has 4 nitrogen and oxygen atoms in total. The van der Waals surface area contributed by atoms with Gasteiger partial charge in [-0.15, -0.1) is 0 Å². The van der Waals surface area contributed by atoms with Crippen LogP contribution in [0.15, 0.2) is 23.3 Å². The van der Waals surface area contributed by atoms with Crippen molar-refractivity contribution in [3.8, 4) is 0 Å². The molecule has 1 atom stereocenters. The van der Waals surface area contributed by atoms with Gasteiger partial charge in [-0.2, -0.15) is 0 Å². The number of esters is 1. The molecular weight excluding hydrogens is 268 g/mol. The van der Waals surface area contributed by atoms with E-state index in [-0.39, 0.29) is 12.3 Å². The molecule has 0 radical (unpaired) electrons. The van der Waals surface area contributed by atoms with Crippen LogP contribution in [0.3, 0.4) is 0 Å². The second-order valence-corrected chi connectivity index (χ2v) is 5.33. The Morgan fingerprint density at radius 1 is 1.29 bits per heavy atom. The first-order valence-electron chi connectivity index (χ1n) is 7.86. The van der Waals surface area contributed by atoms with Crippen molar-refractivity contribution in [1.82, 2.24) is 0 Å². The molecule has 0 aromatic carbocycles. The Balaban J connectivity index is 2.19. The van der Waals surface area contributed by atoms with Gasteiger partial charge in [0.25, 0.3) is 0 Å². The summed E-state index contributed by atoms with van der Waals surface area (Å²) >= 11 is 0. The van der Waals surface area contributed by atoms with Crippen molar-refractivity contribution in [2.45, 2.75) is 59.2 Å². The fourth-order valence-electron chi connectivity index (χ4n) is 2.09. The average molecular weight is 296 g/mol. The van der Waals surface area contributed by atoms with Crippen molar-refractivity contribution in [2.24, 2.45) is 0 Å². The fourth-order valence-corrected chi connectivity index (χ4v) is 2.09. The van der Waals surface area contributed by atoms with E-state index in [2.05, 4.69) is 13.0 Å². The fraction of sp³-hybridized carbons (Fsp3) is 0.706. The Hall–Kier alpha value is -1.13. The predicted octanol–water partition coefficient (Wildman–Crippen LogP) is 3.77. The van der Waals surface area contributed by atoms with Crippen LogP contribution in [0.1, 0.15) is 52.9 Å². The van der Waals surface area contributed by atoms with E-state index in [0.717, 1.165) is 32.3 Å². The Morgan fingerprint density at radius 2 is 2.10 bits per heavy atom. The summed E-state index contributed by atoms with van der Waals surface area (Å²) in [6, 6.07) is 0. The number of allylic oxidation sites excluding steroid dienone is 2. The summed E-state index contributed by atoms with van der Waals surface area (Å²) in [5, 5.41) is 0. The number of carbonyl (C=O) groups excluding carboxylic acids is 1. The van der Waals surface area contributed by atoms with Gasteiger partial charge in [0.2, 0.25) is 0 Å². The molecule has 0 aromatic heterocycles. The summed E-state index contributed by atoms with van der Waals surface area (Å²) < 4.78 is 16.1. The number of ether oxygens (including phenoxy) is 3. The molecule has 21 heavy (non-hydrogen) atoms. The molecule has 1 fully saturated rings. The maximum Gasteiger partial charge on any atom is 0.333 e. The molecule has 4 heteroatoms. The summed E-state index contributed by atoms with van der Waals surface area (Å²) in [6.07, 6.45) is 9.07. The number of rotatable bonds is 8. The SMILES string of the molecule is CCOC(=O)/C(C)=C/CC/C(C)=C/COC1CCCCO1. The van der Waals surface area contributed by atoms with Crippen molar-refractivity contribution in [1.29, 1.82) is 0 Å². The number of carbonyl (C=O) groups is 1. The zero-order valence-corrected chi connectivity index (χ0v) is 13.5. The number of hydrogen-bond acceptors (Lipinski definition) is 4. The predicted molar refractivity (Wildman–Crippen MR) is 82.9 cm³/mol. The van der Waals surface area contributed by atoms with E-state index >= 15 is 0 Å². The molecule has 0 aliphatic carbocycles. The quantitative estimate of drug-likeness (QED) is 0.388. The van der Waals surface area contributed by atoms with Crippen LogP contribution >= 0.6 is 0 Å². The lowest BCUT2D eigenvalue weighted by molar-refractivity contribution is -0.155. The van der Waals surface area contributed by atoms with Gasteiger partial charge in [-0.1, -0.05) is 17.7 Å².